The van der Waals surface area contributed by atoms with Crippen LogP contribution in [0.15, 0.2) is 27.6 Å². The van der Waals surface area contributed by atoms with Gasteiger partial charge in [-0.25, -0.2) is 4.98 Å². The van der Waals surface area contributed by atoms with Gasteiger partial charge in [0.2, 0.25) is 0 Å². The Morgan fingerprint density at radius 3 is 3.00 bits per heavy atom. The number of amides is 1. The number of likely N-dealkylation sites (tertiary alicyclic amines) is 1. The first-order valence-electron chi connectivity index (χ1n) is 8.15. The molecule has 3 heterocycles. The molecule has 2 aliphatic rings. The van der Waals surface area contributed by atoms with E-state index >= 15 is 0 Å². The SMILES string of the molecule is Cc1nc(-c2ccco2)[nH]c(=O)c1C(=O)N1C[C@@H]2C[C@@H](CO)C[C@@H]21. The van der Waals surface area contributed by atoms with Gasteiger partial charge in [0.25, 0.3) is 11.5 Å². The van der Waals surface area contributed by atoms with Crippen LogP contribution in [-0.2, 0) is 0 Å². The molecule has 1 amide bonds. The van der Waals surface area contributed by atoms with Crippen LogP contribution in [0.3, 0.4) is 0 Å². The van der Waals surface area contributed by atoms with E-state index < -0.39 is 5.56 Å². The zero-order valence-corrected chi connectivity index (χ0v) is 13.4. The Bertz CT molecular complexity index is 827. The Morgan fingerprint density at radius 2 is 2.33 bits per heavy atom. The lowest BCUT2D eigenvalue weighted by Crippen LogP contribution is -2.57. The summed E-state index contributed by atoms with van der Waals surface area (Å²) in [5.74, 6) is 1.21. The van der Waals surface area contributed by atoms with Gasteiger partial charge in [0.15, 0.2) is 11.6 Å². The number of nitrogens with zero attached hydrogens (tertiary/aromatic N) is 2. The topological polar surface area (TPSA) is 99.4 Å². The first-order chi connectivity index (χ1) is 11.6. The minimum absolute atomic E-state index is 0.0937. The van der Waals surface area contributed by atoms with Crippen LogP contribution in [0.25, 0.3) is 11.6 Å². The summed E-state index contributed by atoms with van der Waals surface area (Å²) >= 11 is 0. The molecular formula is C17H19N3O4. The molecule has 2 N–H and O–H groups in total. The first kappa shape index (κ1) is 15.1. The molecule has 1 saturated heterocycles. The molecule has 126 valence electrons. The van der Waals surface area contributed by atoms with E-state index in [1.54, 1.807) is 24.0 Å². The number of furan rings is 1. The molecule has 1 aliphatic heterocycles. The number of aryl methyl sites for hydroxylation is 1. The van der Waals surface area contributed by atoms with Gasteiger partial charge in [-0.1, -0.05) is 0 Å². The molecule has 1 saturated carbocycles. The van der Waals surface area contributed by atoms with Gasteiger partial charge < -0.3 is 19.4 Å². The van der Waals surface area contributed by atoms with Crippen molar-refractivity contribution in [2.75, 3.05) is 13.2 Å². The van der Waals surface area contributed by atoms with Crippen molar-refractivity contribution in [2.24, 2.45) is 11.8 Å². The van der Waals surface area contributed by atoms with Gasteiger partial charge in [0.05, 0.1) is 12.0 Å². The third kappa shape index (κ3) is 2.27. The van der Waals surface area contributed by atoms with Crippen LogP contribution >= 0.6 is 0 Å². The second-order valence-corrected chi connectivity index (χ2v) is 6.66. The fourth-order valence-electron chi connectivity index (χ4n) is 3.94. The Hall–Kier alpha value is -2.41. The van der Waals surface area contributed by atoms with Gasteiger partial charge in [-0.05, 0) is 43.7 Å². The number of aliphatic hydroxyl groups excluding tert-OH is 1. The van der Waals surface area contributed by atoms with Crippen LogP contribution in [0.1, 0.15) is 28.9 Å². The highest BCUT2D eigenvalue weighted by Crippen LogP contribution is 2.42. The minimum Gasteiger partial charge on any atom is -0.461 e. The molecule has 2 aromatic heterocycles. The maximum atomic E-state index is 12.8. The van der Waals surface area contributed by atoms with E-state index in [-0.39, 0.29) is 30.0 Å². The zero-order valence-electron chi connectivity index (χ0n) is 13.4. The van der Waals surface area contributed by atoms with Gasteiger partial charge in [0, 0.05) is 19.2 Å². The molecule has 0 bridgehead atoms. The second kappa shape index (κ2) is 5.59. The van der Waals surface area contributed by atoms with Crippen molar-refractivity contribution >= 4 is 5.91 Å². The molecule has 0 spiro atoms. The molecule has 0 radical (unpaired) electrons. The second-order valence-electron chi connectivity index (χ2n) is 6.66. The van der Waals surface area contributed by atoms with Crippen molar-refractivity contribution in [3.05, 3.63) is 40.0 Å². The predicted octanol–water partition coefficient (Wildman–Crippen LogP) is 1.18. The number of fused-ring (bicyclic) bond motifs is 1. The number of rotatable bonds is 3. The predicted molar refractivity (Wildman–Crippen MR) is 85.4 cm³/mol. The zero-order chi connectivity index (χ0) is 16.8. The van der Waals surface area contributed by atoms with Gasteiger partial charge in [0.1, 0.15) is 5.56 Å². The molecule has 1 aliphatic carbocycles. The van der Waals surface area contributed by atoms with E-state index in [0.717, 1.165) is 12.8 Å². The Labute approximate surface area is 138 Å². The van der Waals surface area contributed by atoms with Crippen molar-refractivity contribution in [3.63, 3.8) is 0 Å². The van der Waals surface area contributed by atoms with Crippen LogP contribution in [-0.4, -0.2) is 45.1 Å². The Balaban J connectivity index is 1.61. The van der Waals surface area contributed by atoms with E-state index in [2.05, 4.69) is 9.97 Å². The van der Waals surface area contributed by atoms with Crippen molar-refractivity contribution in [1.29, 1.82) is 0 Å². The van der Waals surface area contributed by atoms with Crippen LogP contribution in [0.5, 0.6) is 0 Å². The number of carbonyl (C=O) groups is 1. The first-order valence-corrected chi connectivity index (χ1v) is 8.15. The molecule has 0 aromatic carbocycles. The summed E-state index contributed by atoms with van der Waals surface area (Å²) in [4.78, 5) is 33.9. The van der Waals surface area contributed by atoms with Gasteiger partial charge in [-0.15, -0.1) is 0 Å². The molecule has 7 nitrogen and oxygen atoms in total. The van der Waals surface area contributed by atoms with E-state index in [4.69, 9.17) is 4.42 Å². The summed E-state index contributed by atoms with van der Waals surface area (Å²) < 4.78 is 5.24. The summed E-state index contributed by atoms with van der Waals surface area (Å²) in [6, 6.07) is 3.55. The molecule has 2 aromatic rings. The number of hydrogen-bond donors (Lipinski definition) is 2. The van der Waals surface area contributed by atoms with Crippen molar-refractivity contribution < 1.29 is 14.3 Å². The standard InChI is InChI=1S/C17H19N3O4/c1-9-14(16(22)19-15(18-9)13-3-2-4-24-13)17(23)20-7-11-5-10(8-21)6-12(11)20/h2-4,10-12,21H,5-8H2,1H3,(H,18,19,22)/t10-,11+,12+/m1/s1. The number of aliphatic hydroxyl groups is 1. The molecular weight excluding hydrogens is 310 g/mol. The molecule has 3 atom stereocenters. The van der Waals surface area contributed by atoms with E-state index in [1.807, 2.05) is 0 Å². The molecule has 24 heavy (non-hydrogen) atoms. The number of hydrogen-bond acceptors (Lipinski definition) is 5. The monoisotopic (exact) mass is 329 g/mol. The number of H-pyrrole nitrogens is 1. The quantitative estimate of drug-likeness (QED) is 0.881. The summed E-state index contributed by atoms with van der Waals surface area (Å²) in [5, 5.41) is 9.30. The molecule has 7 heteroatoms. The highest BCUT2D eigenvalue weighted by Gasteiger charge is 2.48. The number of carbonyl (C=O) groups excluding carboxylic acids is 1. The van der Waals surface area contributed by atoms with Crippen LogP contribution in [0, 0.1) is 18.8 Å². The Kier molecular flexibility index (Phi) is 3.53. The third-order valence-electron chi connectivity index (χ3n) is 5.17. The largest absolute Gasteiger partial charge is 0.461 e. The summed E-state index contributed by atoms with van der Waals surface area (Å²) in [6.07, 6.45) is 3.26. The third-order valence-corrected chi connectivity index (χ3v) is 5.17. The smallest absolute Gasteiger partial charge is 0.264 e. The average Bonchev–Trinajstić information content (AvgIpc) is 3.16. The lowest BCUT2D eigenvalue weighted by molar-refractivity contribution is 0.0266. The summed E-state index contributed by atoms with van der Waals surface area (Å²) in [7, 11) is 0. The summed E-state index contributed by atoms with van der Waals surface area (Å²) in [5.41, 5.74) is 0.0468. The normalized spacial score (nSPS) is 25.4. The lowest BCUT2D eigenvalue weighted by Gasteiger charge is -2.44. The maximum Gasteiger partial charge on any atom is 0.264 e. The number of aromatic nitrogens is 2. The van der Waals surface area contributed by atoms with Crippen LogP contribution < -0.4 is 5.56 Å². The van der Waals surface area contributed by atoms with Gasteiger partial charge >= 0.3 is 0 Å². The van der Waals surface area contributed by atoms with Crippen molar-refractivity contribution in [3.8, 4) is 11.6 Å². The fraction of sp³-hybridized carbons (Fsp3) is 0.471. The minimum atomic E-state index is -0.445. The average molecular weight is 329 g/mol. The molecule has 2 fully saturated rings. The fourth-order valence-corrected chi connectivity index (χ4v) is 3.94. The Morgan fingerprint density at radius 1 is 1.50 bits per heavy atom. The number of aromatic amines is 1. The maximum absolute atomic E-state index is 12.8. The van der Waals surface area contributed by atoms with E-state index in [9.17, 15) is 14.7 Å². The number of nitrogens with one attached hydrogen (secondary N) is 1. The van der Waals surface area contributed by atoms with Gasteiger partial charge in [-0.3, -0.25) is 9.59 Å². The molecule has 4 rings (SSSR count). The van der Waals surface area contributed by atoms with Crippen molar-refractivity contribution in [1.82, 2.24) is 14.9 Å². The van der Waals surface area contributed by atoms with Crippen LogP contribution in [0.4, 0.5) is 0 Å². The van der Waals surface area contributed by atoms with Gasteiger partial charge in [-0.2, -0.15) is 0 Å². The molecule has 0 unspecified atom stereocenters. The van der Waals surface area contributed by atoms with Crippen molar-refractivity contribution in [2.45, 2.75) is 25.8 Å². The van der Waals surface area contributed by atoms with Crippen LogP contribution in [0.2, 0.25) is 0 Å². The summed E-state index contributed by atoms with van der Waals surface area (Å²) in [6.45, 7) is 2.48. The van der Waals surface area contributed by atoms with E-state index in [0.29, 0.717) is 29.7 Å². The lowest BCUT2D eigenvalue weighted by atomic mass is 9.91. The highest BCUT2D eigenvalue weighted by atomic mass is 16.3. The van der Waals surface area contributed by atoms with E-state index in [1.165, 1.54) is 6.26 Å². The highest BCUT2D eigenvalue weighted by molar-refractivity contribution is 5.95.